The van der Waals surface area contributed by atoms with Crippen LogP contribution in [0.3, 0.4) is 0 Å². The van der Waals surface area contributed by atoms with Gasteiger partial charge in [0.1, 0.15) is 0 Å². The predicted molar refractivity (Wildman–Crippen MR) is 91.4 cm³/mol. The van der Waals surface area contributed by atoms with Gasteiger partial charge >= 0.3 is 0 Å². The molecule has 1 aromatic carbocycles. The summed E-state index contributed by atoms with van der Waals surface area (Å²) >= 11 is 7.68. The number of thiazole rings is 1. The lowest BCUT2D eigenvalue weighted by atomic mass is 10.2. The Morgan fingerprint density at radius 1 is 1.45 bits per heavy atom. The molecule has 1 aliphatic heterocycles. The van der Waals surface area contributed by atoms with E-state index in [0.717, 1.165) is 30.2 Å². The molecule has 2 aromatic rings. The average molecular weight is 334 g/mol. The van der Waals surface area contributed by atoms with Crippen molar-refractivity contribution < 1.29 is 4.79 Å². The topological polar surface area (TPSA) is 45.2 Å². The zero-order valence-electron chi connectivity index (χ0n) is 11.9. The first-order chi connectivity index (χ1) is 10.7. The van der Waals surface area contributed by atoms with E-state index in [1.165, 1.54) is 6.08 Å². The second-order valence-electron chi connectivity index (χ2n) is 5.11. The second kappa shape index (κ2) is 6.94. The Hall–Kier alpha value is -1.85. The van der Waals surface area contributed by atoms with Gasteiger partial charge in [-0.05, 0) is 24.1 Å². The smallest absolute Gasteiger partial charge is 0.244 e. The van der Waals surface area contributed by atoms with Crippen LogP contribution < -0.4 is 10.2 Å². The molecule has 0 saturated carbocycles. The Morgan fingerprint density at radius 3 is 3.09 bits per heavy atom. The molecule has 1 amide bonds. The minimum atomic E-state index is -0.0918. The largest absolute Gasteiger partial charge is 0.348 e. The van der Waals surface area contributed by atoms with Gasteiger partial charge in [-0.2, -0.15) is 0 Å². The van der Waals surface area contributed by atoms with Crippen LogP contribution in [-0.2, 0) is 4.79 Å². The summed E-state index contributed by atoms with van der Waals surface area (Å²) in [5.74, 6) is -0.0918. The van der Waals surface area contributed by atoms with Crippen LogP contribution in [-0.4, -0.2) is 30.0 Å². The Bertz CT molecular complexity index is 672. The number of rotatable bonds is 4. The van der Waals surface area contributed by atoms with Crippen LogP contribution in [0.1, 0.15) is 12.0 Å². The molecule has 1 aliphatic rings. The van der Waals surface area contributed by atoms with Crippen molar-refractivity contribution in [1.29, 1.82) is 0 Å². The monoisotopic (exact) mass is 333 g/mol. The quantitative estimate of drug-likeness (QED) is 0.874. The highest BCUT2D eigenvalue weighted by Gasteiger charge is 2.24. The molecule has 1 fully saturated rings. The van der Waals surface area contributed by atoms with E-state index < -0.39 is 0 Å². The number of benzene rings is 1. The molecule has 2 heterocycles. The summed E-state index contributed by atoms with van der Waals surface area (Å²) < 4.78 is 0. The summed E-state index contributed by atoms with van der Waals surface area (Å²) in [5.41, 5.74) is 0.843. The summed E-state index contributed by atoms with van der Waals surface area (Å²) in [5, 5.41) is 6.65. The van der Waals surface area contributed by atoms with Gasteiger partial charge in [-0.1, -0.05) is 29.8 Å². The van der Waals surface area contributed by atoms with Crippen LogP contribution in [0.2, 0.25) is 5.02 Å². The van der Waals surface area contributed by atoms with Crippen LogP contribution in [0.25, 0.3) is 6.08 Å². The average Bonchev–Trinajstić information content (AvgIpc) is 3.17. The molecule has 22 heavy (non-hydrogen) atoms. The molecule has 1 atom stereocenters. The van der Waals surface area contributed by atoms with E-state index in [1.807, 2.05) is 29.6 Å². The number of hydrogen-bond acceptors (Lipinski definition) is 4. The fraction of sp³-hybridized carbons (Fsp3) is 0.250. The van der Waals surface area contributed by atoms with Crippen molar-refractivity contribution in [1.82, 2.24) is 10.3 Å². The lowest BCUT2D eigenvalue weighted by Crippen LogP contribution is -2.36. The van der Waals surface area contributed by atoms with Crippen molar-refractivity contribution in [2.24, 2.45) is 0 Å². The summed E-state index contributed by atoms with van der Waals surface area (Å²) in [7, 11) is 0. The van der Waals surface area contributed by atoms with Crippen molar-refractivity contribution in [2.75, 3.05) is 18.0 Å². The molecule has 4 nitrogen and oxygen atoms in total. The van der Waals surface area contributed by atoms with Crippen LogP contribution in [0, 0.1) is 0 Å². The molecule has 0 radical (unpaired) electrons. The van der Waals surface area contributed by atoms with Crippen molar-refractivity contribution in [3.8, 4) is 0 Å². The van der Waals surface area contributed by atoms with Crippen LogP contribution in [0.4, 0.5) is 5.13 Å². The molecule has 1 saturated heterocycles. The molecule has 1 N–H and O–H groups in total. The number of hydrogen-bond donors (Lipinski definition) is 1. The molecule has 114 valence electrons. The van der Waals surface area contributed by atoms with Crippen molar-refractivity contribution in [3.63, 3.8) is 0 Å². The fourth-order valence-corrected chi connectivity index (χ4v) is 3.33. The number of nitrogens with one attached hydrogen (secondary N) is 1. The van der Waals surface area contributed by atoms with Crippen molar-refractivity contribution in [2.45, 2.75) is 12.5 Å². The molecular weight excluding hydrogens is 318 g/mol. The van der Waals surface area contributed by atoms with Gasteiger partial charge in [-0.25, -0.2) is 4.98 Å². The van der Waals surface area contributed by atoms with Gasteiger partial charge in [-0.15, -0.1) is 11.3 Å². The fourth-order valence-electron chi connectivity index (χ4n) is 2.45. The first-order valence-corrected chi connectivity index (χ1v) is 8.35. The third-order valence-electron chi connectivity index (χ3n) is 3.54. The maximum Gasteiger partial charge on any atom is 0.244 e. The van der Waals surface area contributed by atoms with Gasteiger partial charge in [0.2, 0.25) is 5.91 Å². The van der Waals surface area contributed by atoms with Gasteiger partial charge < -0.3 is 10.2 Å². The third kappa shape index (κ3) is 3.67. The van der Waals surface area contributed by atoms with Gasteiger partial charge in [-0.3, -0.25) is 4.79 Å². The number of aromatic nitrogens is 1. The van der Waals surface area contributed by atoms with Gasteiger partial charge in [0.25, 0.3) is 0 Å². The maximum absolute atomic E-state index is 12.0. The predicted octanol–water partition coefficient (Wildman–Crippen LogP) is 3.20. The van der Waals surface area contributed by atoms with E-state index in [2.05, 4.69) is 15.2 Å². The third-order valence-corrected chi connectivity index (χ3v) is 4.72. The molecule has 6 heteroatoms. The second-order valence-corrected chi connectivity index (χ2v) is 6.39. The number of nitrogens with zero attached hydrogens (tertiary/aromatic N) is 2. The highest BCUT2D eigenvalue weighted by atomic mass is 35.5. The minimum absolute atomic E-state index is 0.0918. The summed E-state index contributed by atoms with van der Waals surface area (Å²) in [6, 6.07) is 7.61. The molecular formula is C16H16ClN3OS. The van der Waals surface area contributed by atoms with Crippen LogP contribution in [0.15, 0.2) is 41.9 Å². The highest BCUT2D eigenvalue weighted by Crippen LogP contribution is 2.22. The van der Waals surface area contributed by atoms with E-state index in [-0.39, 0.29) is 11.9 Å². The maximum atomic E-state index is 12.0. The van der Waals surface area contributed by atoms with E-state index in [4.69, 9.17) is 11.6 Å². The zero-order chi connectivity index (χ0) is 15.4. The molecule has 1 aromatic heterocycles. The number of amides is 1. The van der Waals surface area contributed by atoms with Crippen molar-refractivity contribution >= 4 is 40.1 Å². The minimum Gasteiger partial charge on any atom is -0.348 e. The lowest BCUT2D eigenvalue weighted by Gasteiger charge is -2.15. The first kappa shape index (κ1) is 15.1. The normalized spacial score (nSPS) is 18.0. The Morgan fingerprint density at radius 2 is 2.32 bits per heavy atom. The number of anilines is 1. The van der Waals surface area contributed by atoms with Gasteiger partial charge in [0.05, 0.1) is 0 Å². The van der Waals surface area contributed by atoms with E-state index in [9.17, 15) is 4.79 Å². The Labute approximate surface area is 138 Å². The van der Waals surface area contributed by atoms with Crippen LogP contribution in [0.5, 0.6) is 0 Å². The number of carbonyl (C=O) groups is 1. The van der Waals surface area contributed by atoms with E-state index in [0.29, 0.717) is 5.02 Å². The Balaban J connectivity index is 1.54. The van der Waals surface area contributed by atoms with E-state index >= 15 is 0 Å². The van der Waals surface area contributed by atoms with Gasteiger partial charge in [0.15, 0.2) is 5.13 Å². The number of halogens is 1. The lowest BCUT2D eigenvalue weighted by molar-refractivity contribution is -0.117. The summed E-state index contributed by atoms with van der Waals surface area (Å²) in [6.45, 7) is 1.73. The zero-order valence-corrected chi connectivity index (χ0v) is 13.5. The summed E-state index contributed by atoms with van der Waals surface area (Å²) in [6.07, 6.45) is 6.02. The molecule has 0 aliphatic carbocycles. The number of carbonyl (C=O) groups excluding carboxylic acids is 1. The standard InChI is InChI=1S/C16H16ClN3OS/c17-14-4-2-1-3-12(14)5-6-15(21)19-13-7-9-20(11-13)16-18-8-10-22-16/h1-6,8,10,13H,7,9,11H2,(H,19,21). The van der Waals surface area contributed by atoms with Crippen molar-refractivity contribution in [3.05, 3.63) is 52.5 Å². The SMILES string of the molecule is O=C(C=Cc1ccccc1Cl)NC1CCN(c2nccs2)C1. The highest BCUT2D eigenvalue weighted by molar-refractivity contribution is 7.13. The molecule has 1 unspecified atom stereocenters. The van der Waals surface area contributed by atoms with Crippen LogP contribution >= 0.6 is 22.9 Å². The van der Waals surface area contributed by atoms with E-state index in [1.54, 1.807) is 23.6 Å². The summed E-state index contributed by atoms with van der Waals surface area (Å²) in [4.78, 5) is 18.5. The molecule has 0 spiro atoms. The van der Waals surface area contributed by atoms with Gasteiger partial charge in [0, 0.05) is 41.8 Å². The first-order valence-electron chi connectivity index (χ1n) is 7.10. The Kier molecular flexibility index (Phi) is 4.75. The molecule has 0 bridgehead atoms. The molecule has 3 rings (SSSR count).